The molecule has 5 heteroatoms. The van der Waals surface area contributed by atoms with E-state index in [1.165, 1.54) is 5.01 Å². The number of allylic oxidation sites excluding steroid dienone is 2. The Morgan fingerprint density at radius 2 is 2.00 bits per heavy atom. The van der Waals surface area contributed by atoms with E-state index in [9.17, 15) is 0 Å². The van der Waals surface area contributed by atoms with Gasteiger partial charge < -0.3 is 11.5 Å². The Morgan fingerprint density at radius 3 is 2.50 bits per heavy atom. The second kappa shape index (κ2) is 3.97. The number of nitrogens with two attached hydrogens (primary N) is 3. The summed E-state index contributed by atoms with van der Waals surface area (Å²) in [6.45, 7) is 3.62. The Hall–Kier alpha value is -1.75. The Labute approximate surface area is 83.2 Å². The number of rotatable bonds is 2. The van der Waals surface area contributed by atoms with Crippen LogP contribution in [0.4, 0.5) is 11.4 Å². The summed E-state index contributed by atoms with van der Waals surface area (Å²) in [5, 5.41) is 1.46. The average Bonchev–Trinajstić information content (AvgIpc) is 2.15. The van der Waals surface area contributed by atoms with Gasteiger partial charge in [0.2, 0.25) is 0 Å². The van der Waals surface area contributed by atoms with Crippen molar-refractivity contribution in [1.82, 2.24) is 4.98 Å². The molecule has 0 bridgehead atoms. The molecule has 1 heterocycles. The minimum absolute atomic E-state index is 0.570. The molecule has 0 atom stereocenters. The number of hydrazine groups is 1. The average molecular weight is 193 g/mol. The van der Waals surface area contributed by atoms with Crippen molar-refractivity contribution in [2.45, 2.75) is 13.8 Å². The third kappa shape index (κ3) is 2.14. The lowest BCUT2D eigenvalue weighted by atomic mass is 10.3. The molecular weight excluding hydrogens is 178 g/mol. The zero-order valence-electron chi connectivity index (χ0n) is 8.36. The Balaban J connectivity index is 3.01. The van der Waals surface area contributed by atoms with Gasteiger partial charge in [-0.2, -0.15) is 0 Å². The van der Waals surface area contributed by atoms with Crippen LogP contribution in [0, 0.1) is 0 Å². The molecule has 1 aromatic heterocycles. The van der Waals surface area contributed by atoms with Crippen LogP contribution in [-0.4, -0.2) is 4.98 Å². The summed E-state index contributed by atoms with van der Waals surface area (Å²) in [5.74, 6) is 5.81. The van der Waals surface area contributed by atoms with Crippen LogP contribution in [0.1, 0.15) is 13.8 Å². The van der Waals surface area contributed by atoms with Gasteiger partial charge >= 0.3 is 0 Å². The standard InChI is InChI=1S/C9H15N5/c1-6(10)7(2)14(12)9-3-8(11)4-13-5-9/h3-5H,10-12H2,1-2H3/b7-6-. The van der Waals surface area contributed by atoms with Crippen molar-refractivity contribution in [2.75, 3.05) is 10.7 Å². The molecule has 0 saturated heterocycles. The molecule has 0 saturated carbocycles. The molecule has 0 unspecified atom stereocenters. The second-order valence-electron chi connectivity index (χ2n) is 3.11. The Kier molecular flexibility index (Phi) is 2.93. The maximum Gasteiger partial charge on any atom is 0.0775 e. The number of hydrogen-bond donors (Lipinski definition) is 3. The minimum Gasteiger partial charge on any atom is -0.401 e. The Morgan fingerprint density at radius 1 is 1.36 bits per heavy atom. The molecule has 0 spiro atoms. The molecule has 0 aromatic carbocycles. The summed E-state index contributed by atoms with van der Waals surface area (Å²) in [4.78, 5) is 3.94. The van der Waals surface area contributed by atoms with E-state index in [0.29, 0.717) is 17.1 Å². The van der Waals surface area contributed by atoms with E-state index in [2.05, 4.69) is 4.98 Å². The maximum atomic E-state index is 5.81. The van der Waals surface area contributed by atoms with Crippen molar-refractivity contribution in [2.24, 2.45) is 11.6 Å². The Bertz CT molecular complexity index is 354. The van der Waals surface area contributed by atoms with Crippen molar-refractivity contribution in [3.05, 3.63) is 29.9 Å². The summed E-state index contributed by atoms with van der Waals surface area (Å²) in [5.41, 5.74) is 13.9. The molecule has 0 aliphatic carbocycles. The van der Waals surface area contributed by atoms with Crippen molar-refractivity contribution in [3.63, 3.8) is 0 Å². The number of nitrogen functional groups attached to an aromatic ring is 1. The molecule has 0 radical (unpaired) electrons. The van der Waals surface area contributed by atoms with Gasteiger partial charge in [-0.05, 0) is 19.9 Å². The van der Waals surface area contributed by atoms with E-state index in [4.69, 9.17) is 17.3 Å². The lowest BCUT2D eigenvalue weighted by molar-refractivity contribution is 0.955. The summed E-state index contributed by atoms with van der Waals surface area (Å²) in [6, 6.07) is 1.74. The quantitative estimate of drug-likeness (QED) is 0.471. The van der Waals surface area contributed by atoms with Crippen molar-refractivity contribution in [3.8, 4) is 0 Å². The zero-order valence-corrected chi connectivity index (χ0v) is 8.36. The van der Waals surface area contributed by atoms with E-state index < -0.39 is 0 Å². The first-order chi connectivity index (χ1) is 6.52. The molecule has 0 aliphatic rings. The molecule has 14 heavy (non-hydrogen) atoms. The number of anilines is 2. The topological polar surface area (TPSA) is 94.2 Å². The first kappa shape index (κ1) is 10.3. The van der Waals surface area contributed by atoms with Crippen LogP contribution in [-0.2, 0) is 0 Å². The van der Waals surface area contributed by atoms with Gasteiger partial charge in [-0.25, -0.2) is 5.84 Å². The van der Waals surface area contributed by atoms with E-state index in [0.717, 1.165) is 5.70 Å². The highest BCUT2D eigenvalue weighted by Crippen LogP contribution is 2.17. The number of pyridine rings is 1. The molecule has 0 fully saturated rings. The number of aromatic nitrogens is 1. The zero-order chi connectivity index (χ0) is 10.7. The molecule has 0 aliphatic heterocycles. The van der Waals surface area contributed by atoms with Gasteiger partial charge in [-0.3, -0.25) is 9.99 Å². The smallest absolute Gasteiger partial charge is 0.0775 e. The fourth-order valence-corrected chi connectivity index (χ4v) is 0.960. The fourth-order valence-electron chi connectivity index (χ4n) is 0.960. The number of nitrogens with zero attached hydrogens (tertiary/aromatic N) is 2. The van der Waals surface area contributed by atoms with Gasteiger partial charge in [-0.1, -0.05) is 0 Å². The summed E-state index contributed by atoms with van der Waals surface area (Å²) in [6.07, 6.45) is 3.19. The monoisotopic (exact) mass is 193 g/mol. The largest absolute Gasteiger partial charge is 0.401 e. The predicted octanol–water partition coefficient (Wildman–Crippen LogP) is 0.554. The van der Waals surface area contributed by atoms with Crippen LogP contribution in [0.25, 0.3) is 0 Å². The first-order valence-corrected chi connectivity index (χ1v) is 4.20. The highest BCUT2D eigenvalue weighted by atomic mass is 15.4. The van der Waals surface area contributed by atoms with Gasteiger partial charge in [0, 0.05) is 11.9 Å². The fraction of sp³-hybridized carbons (Fsp3) is 0.222. The third-order valence-electron chi connectivity index (χ3n) is 1.96. The van der Waals surface area contributed by atoms with Crippen LogP contribution >= 0.6 is 0 Å². The molecule has 6 N–H and O–H groups in total. The first-order valence-electron chi connectivity index (χ1n) is 4.20. The van der Waals surface area contributed by atoms with Gasteiger partial charge in [0.25, 0.3) is 0 Å². The van der Waals surface area contributed by atoms with E-state index >= 15 is 0 Å². The third-order valence-corrected chi connectivity index (χ3v) is 1.96. The van der Waals surface area contributed by atoms with Crippen LogP contribution in [0.3, 0.4) is 0 Å². The summed E-state index contributed by atoms with van der Waals surface area (Å²) < 4.78 is 0. The summed E-state index contributed by atoms with van der Waals surface area (Å²) >= 11 is 0. The highest BCUT2D eigenvalue weighted by molar-refractivity contribution is 5.55. The van der Waals surface area contributed by atoms with Crippen molar-refractivity contribution in [1.29, 1.82) is 0 Å². The van der Waals surface area contributed by atoms with Crippen molar-refractivity contribution >= 4 is 11.4 Å². The normalized spacial score (nSPS) is 12.2. The van der Waals surface area contributed by atoms with Crippen LogP contribution < -0.4 is 22.3 Å². The number of hydrogen-bond acceptors (Lipinski definition) is 5. The van der Waals surface area contributed by atoms with E-state index in [1.54, 1.807) is 25.4 Å². The van der Waals surface area contributed by atoms with E-state index in [-0.39, 0.29) is 0 Å². The van der Waals surface area contributed by atoms with Gasteiger partial charge in [0.15, 0.2) is 0 Å². The van der Waals surface area contributed by atoms with Gasteiger partial charge in [-0.15, -0.1) is 0 Å². The van der Waals surface area contributed by atoms with Crippen LogP contribution in [0.2, 0.25) is 0 Å². The lowest BCUT2D eigenvalue weighted by Crippen LogP contribution is -2.30. The van der Waals surface area contributed by atoms with Crippen molar-refractivity contribution < 1.29 is 0 Å². The minimum atomic E-state index is 0.570. The lowest BCUT2D eigenvalue weighted by Gasteiger charge is -2.20. The van der Waals surface area contributed by atoms with E-state index in [1.807, 2.05) is 6.92 Å². The van der Waals surface area contributed by atoms with Crippen LogP contribution in [0.5, 0.6) is 0 Å². The van der Waals surface area contributed by atoms with Gasteiger partial charge in [0.05, 0.1) is 23.3 Å². The molecule has 1 rings (SSSR count). The predicted molar refractivity (Wildman–Crippen MR) is 57.9 cm³/mol. The van der Waals surface area contributed by atoms with Crippen LogP contribution in [0.15, 0.2) is 29.9 Å². The molecule has 0 amide bonds. The molecule has 76 valence electrons. The molecule has 1 aromatic rings. The summed E-state index contributed by atoms with van der Waals surface area (Å²) in [7, 11) is 0. The molecular formula is C9H15N5. The highest BCUT2D eigenvalue weighted by Gasteiger charge is 2.05. The van der Waals surface area contributed by atoms with Gasteiger partial charge in [0.1, 0.15) is 0 Å². The molecule has 5 nitrogen and oxygen atoms in total. The maximum absolute atomic E-state index is 5.81. The SMILES string of the molecule is C/C(N)=C(\C)N(N)c1cncc(N)c1. The second-order valence-corrected chi connectivity index (χ2v) is 3.11.